The van der Waals surface area contributed by atoms with Crippen LogP contribution in [0.5, 0.6) is 0 Å². The summed E-state index contributed by atoms with van der Waals surface area (Å²) in [5, 5.41) is 18.4. The minimum absolute atomic E-state index is 0. The van der Waals surface area contributed by atoms with Crippen LogP contribution in [0.25, 0.3) is 0 Å². The zero-order valence-electron chi connectivity index (χ0n) is 6.35. The second kappa shape index (κ2) is 12.2. The quantitative estimate of drug-likeness (QED) is 0.508. The van der Waals surface area contributed by atoms with E-state index < -0.39 is 11.9 Å². The average molecular weight is 210 g/mol. The van der Waals surface area contributed by atoms with Crippen LogP contribution in [0.4, 0.5) is 0 Å². The molecule has 0 fully saturated rings. The Morgan fingerprint density at radius 2 is 1.55 bits per heavy atom. The Balaban J connectivity index is -0.000000114. The molecule has 0 aliphatic heterocycles. The molecule has 0 heterocycles. The molecule has 0 rings (SSSR count). The third-order valence-corrected chi connectivity index (χ3v) is 0.454. The van der Waals surface area contributed by atoms with Crippen molar-refractivity contribution in [2.75, 3.05) is 0 Å². The predicted molar refractivity (Wildman–Crippen MR) is 30.6 cm³/mol. The number of carboxylic acids is 2. The zero-order chi connectivity index (χ0) is 8.57. The summed E-state index contributed by atoms with van der Waals surface area (Å²) >= 11 is 0. The van der Waals surface area contributed by atoms with E-state index in [1.54, 1.807) is 6.92 Å². The van der Waals surface area contributed by atoms with Gasteiger partial charge in [0.25, 0.3) is 0 Å². The van der Waals surface area contributed by atoms with Gasteiger partial charge in [-0.1, -0.05) is 13.3 Å². The number of carbonyl (C=O) groups is 2. The molecule has 11 heavy (non-hydrogen) atoms. The minimum Gasteiger partial charge on any atom is -0.550 e. The SMILES string of the molecule is CC(=O)[O-].CCCC(=O)[O-].[Cu+2]. The molecule has 1 radical (unpaired) electrons. The van der Waals surface area contributed by atoms with Gasteiger partial charge < -0.3 is 19.8 Å². The molecule has 0 atom stereocenters. The molecular formula is C6H10CuO4. The fourth-order valence-electron chi connectivity index (χ4n) is 0.204. The predicted octanol–water partition coefficient (Wildman–Crippen LogP) is -1.71. The molecule has 0 aliphatic rings. The Labute approximate surface area is 76.1 Å². The molecule has 0 saturated carbocycles. The molecule has 0 aromatic heterocycles. The van der Waals surface area contributed by atoms with Gasteiger partial charge in [-0.3, -0.25) is 0 Å². The van der Waals surface area contributed by atoms with E-state index in [1.165, 1.54) is 0 Å². The number of hydrogen-bond donors (Lipinski definition) is 0. The molecule has 69 valence electrons. The van der Waals surface area contributed by atoms with E-state index in [0.717, 1.165) is 6.92 Å². The third kappa shape index (κ3) is 87.0. The normalized spacial score (nSPS) is 6.73. The van der Waals surface area contributed by atoms with Crippen LogP contribution in [0.1, 0.15) is 26.7 Å². The minimum atomic E-state index is -1.08. The van der Waals surface area contributed by atoms with Gasteiger partial charge in [0.05, 0.1) is 0 Å². The zero-order valence-corrected chi connectivity index (χ0v) is 7.29. The molecule has 0 spiro atoms. The maximum absolute atomic E-state index is 9.49. The molecule has 0 bridgehead atoms. The number of hydrogen-bond acceptors (Lipinski definition) is 4. The van der Waals surface area contributed by atoms with Gasteiger partial charge in [0.1, 0.15) is 0 Å². The Hall–Kier alpha value is -0.541. The van der Waals surface area contributed by atoms with Crippen LogP contribution in [-0.2, 0) is 26.7 Å². The monoisotopic (exact) mass is 209 g/mol. The summed E-state index contributed by atoms with van der Waals surface area (Å²) in [5.41, 5.74) is 0. The van der Waals surface area contributed by atoms with Crippen molar-refractivity contribution in [1.82, 2.24) is 0 Å². The van der Waals surface area contributed by atoms with E-state index in [-0.39, 0.29) is 23.5 Å². The average Bonchev–Trinajstić information content (AvgIpc) is 1.62. The standard InChI is InChI=1S/C4H8O2.C2H4O2.Cu/c1-2-3-4(5)6;1-2(3)4;/h2-3H2,1H3,(H,5,6);1H3,(H,3,4);/q;;+2/p-2. The van der Waals surface area contributed by atoms with E-state index in [4.69, 9.17) is 9.90 Å². The second-order valence-corrected chi connectivity index (χ2v) is 1.61. The van der Waals surface area contributed by atoms with Gasteiger partial charge in [-0.25, -0.2) is 0 Å². The summed E-state index contributed by atoms with van der Waals surface area (Å²) < 4.78 is 0. The van der Waals surface area contributed by atoms with Crippen molar-refractivity contribution in [3.63, 3.8) is 0 Å². The topological polar surface area (TPSA) is 80.3 Å². The Kier molecular flexibility index (Phi) is 18.6. The summed E-state index contributed by atoms with van der Waals surface area (Å²) in [4.78, 5) is 18.4. The molecule has 5 heteroatoms. The fourth-order valence-corrected chi connectivity index (χ4v) is 0.204. The van der Waals surface area contributed by atoms with E-state index in [9.17, 15) is 9.90 Å². The molecule has 4 nitrogen and oxygen atoms in total. The first-order valence-corrected chi connectivity index (χ1v) is 2.88. The van der Waals surface area contributed by atoms with Gasteiger partial charge in [-0.15, -0.1) is 0 Å². The van der Waals surface area contributed by atoms with Gasteiger partial charge in [0, 0.05) is 11.9 Å². The molecule has 0 amide bonds. The first-order valence-electron chi connectivity index (χ1n) is 2.88. The van der Waals surface area contributed by atoms with Gasteiger partial charge in [0.15, 0.2) is 0 Å². The van der Waals surface area contributed by atoms with Gasteiger partial charge in [-0.2, -0.15) is 0 Å². The largest absolute Gasteiger partial charge is 2.00 e. The number of aliphatic carboxylic acids is 2. The smallest absolute Gasteiger partial charge is 0.550 e. The maximum atomic E-state index is 9.49. The summed E-state index contributed by atoms with van der Waals surface area (Å²) in [6.45, 7) is 2.77. The summed E-state index contributed by atoms with van der Waals surface area (Å²) in [7, 11) is 0. The third-order valence-electron chi connectivity index (χ3n) is 0.454. The van der Waals surface area contributed by atoms with Crippen molar-refractivity contribution < 1.29 is 36.9 Å². The van der Waals surface area contributed by atoms with Crippen molar-refractivity contribution in [1.29, 1.82) is 0 Å². The van der Waals surface area contributed by atoms with E-state index in [0.29, 0.717) is 6.42 Å². The van der Waals surface area contributed by atoms with Crippen LogP contribution in [0.2, 0.25) is 0 Å². The Morgan fingerprint density at radius 1 is 1.27 bits per heavy atom. The molecule has 0 aromatic carbocycles. The van der Waals surface area contributed by atoms with Crippen molar-refractivity contribution in [2.45, 2.75) is 26.7 Å². The van der Waals surface area contributed by atoms with Crippen LogP contribution in [0.15, 0.2) is 0 Å². The van der Waals surface area contributed by atoms with Crippen LogP contribution in [0, 0.1) is 0 Å². The van der Waals surface area contributed by atoms with E-state index in [1.807, 2.05) is 0 Å². The van der Waals surface area contributed by atoms with Crippen LogP contribution in [-0.4, -0.2) is 11.9 Å². The molecule has 0 N–H and O–H groups in total. The second-order valence-electron chi connectivity index (χ2n) is 1.61. The van der Waals surface area contributed by atoms with Crippen LogP contribution in [0.3, 0.4) is 0 Å². The van der Waals surface area contributed by atoms with E-state index in [2.05, 4.69) is 0 Å². The van der Waals surface area contributed by atoms with Gasteiger partial charge in [0.2, 0.25) is 0 Å². The van der Waals surface area contributed by atoms with Gasteiger partial charge >= 0.3 is 17.1 Å². The van der Waals surface area contributed by atoms with Crippen LogP contribution >= 0.6 is 0 Å². The summed E-state index contributed by atoms with van der Waals surface area (Å²) in [6, 6.07) is 0. The van der Waals surface area contributed by atoms with Crippen molar-refractivity contribution in [3.8, 4) is 0 Å². The Morgan fingerprint density at radius 3 is 1.55 bits per heavy atom. The van der Waals surface area contributed by atoms with Crippen molar-refractivity contribution in [3.05, 3.63) is 0 Å². The van der Waals surface area contributed by atoms with Crippen molar-refractivity contribution >= 4 is 11.9 Å². The van der Waals surface area contributed by atoms with Crippen LogP contribution < -0.4 is 10.2 Å². The summed E-state index contributed by atoms with van der Waals surface area (Å²) in [6.07, 6.45) is 0.850. The number of carboxylic acid groups (broad SMARTS) is 2. The summed E-state index contributed by atoms with van der Waals surface area (Å²) in [5.74, 6) is -2.04. The first-order chi connectivity index (χ1) is 4.50. The fraction of sp³-hybridized carbons (Fsp3) is 0.667. The molecular weight excluding hydrogens is 200 g/mol. The molecule has 0 aliphatic carbocycles. The number of carbonyl (C=O) groups excluding carboxylic acids is 2. The van der Waals surface area contributed by atoms with Gasteiger partial charge in [-0.05, 0) is 13.3 Å². The molecule has 0 saturated heterocycles. The number of rotatable bonds is 2. The maximum Gasteiger partial charge on any atom is 2.00 e. The molecule has 0 unspecified atom stereocenters. The molecule has 0 aromatic rings. The van der Waals surface area contributed by atoms with E-state index >= 15 is 0 Å². The Bertz CT molecular complexity index is 109. The van der Waals surface area contributed by atoms with Crippen molar-refractivity contribution in [2.24, 2.45) is 0 Å². The first kappa shape index (κ1) is 16.8.